The van der Waals surface area contributed by atoms with Gasteiger partial charge >= 0.3 is 0 Å². The zero-order valence-corrected chi connectivity index (χ0v) is 10.2. The summed E-state index contributed by atoms with van der Waals surface area (Å²) < 4.78 is 13.9. The zero-order valence-electron chi connectivity index (χ0n) is 7.79. The summed E-state index contributed by atoms with van der Waals surface area (Å²) in [7, 11) is 0. The second kappa shape index (κ2) is 4.24. The molecule has 1 heterocycles. The highest BCUT2D eigenvalue weighted by Crippen LogP contribution is 2.26. The number of nitrogens with zero attached hydrogens (tertiary/aromatic N) is 2. The van der Waals surface area contributed by atoms with Crippen LogP contribution in [-0.2, 0) is 0 Å². The predicted molar refractivity (Wildman–Crippen MR) is 62.0 cm³/mol. The maximum atomic E-state index is 13.2. The molecule has 2 aromatic rings. The second-order valence-corrected chi connectivity index (χ2v) is 5.15. The highest BCUT2D eigenvalue weighted by atomic mass is 79.9. The zero-order chi connectivity index (χ0) is 10.8. The molecule has 0 aliphatic carbocycles. The second-order valence-electron chi connectivity index (χ2n) is 2.90. The van der Waals surface area contributed by atoms with Crippen LogP contribution in [0.3, 0.4) is 0 Å². The molecule has 15 heavy (non-hydrogen) atoms. The molecule has 1 aromatic carbocycles. The molecule has 1 aromatic heterocycles. The van der Waals surface area contributed by atoms with Crippen LogP contribution < -0.4 is 5.32 Å². The average molecular weight is 288 g/mol. The Morgan fingerprint density at radius 1 is 1.40 bits per heavy atom. The summed E-state index contributed by atoms with van der Waals surface area (Å²) in [4.78, 5) is 0. The van der Waals surface area contributed by atoms with Crippen LogP contribution >= 0.6 is 27.3 Å². The summed E-state index contributed by atoms with van der Waals surface area (Å²) in [5.41, 5.74) is 1.28. The van der Waals surface area contributed by atoms with Crippen molar-refractivity contribution in [3.63, 3.8) is 0 Å². The molecule has 0 aliphatic heterocycles. The van der Waals surface area contributed by atoms with E-state index in [-0.39, 0.29) is 5.82 Å². The molecule has 6 heteroatoms. The fourth-order valence-electron chi connectivity index (χ4n) is 1.11. The van der Waals surface area contributed by atoms with E-state index in [0.717, 1.165) is 0 Å². The number of rotatable bonds is 2. The number of hydrogen-bond acceptors (Lipinski definition) is 4. The molecular formula is C9H7BrFN3S. The summed E-state index contributed by atoms with van der Waals surface area (Å²) in [6.45, 7) is 1.72. The Kier molecular flexibility index (Phi) is 2.97. The largest absolute Gasteiger partial charge is 0.330 e. The molecule has 0 radical (unpaired) electrons. The van der Waals surface area contributed by atoms with E-state index in [9.17, 15) is 4.39 Å². The highest BCUT2D eigenvalue weighted by molar-refractivity contribution is 9.11. The normalized spacial score (nSPS) is 10.3. The van der Waals surface area contributed by atoms with Gasteiger partial charge in [-0.2, -0.15) is 0 Å². The minimum Gasteiger partial charge on any atom is -0.330 e. The molecule has 0 bridgehead atoms. The number of halogens is 2. The van der Waals surface area contributed by atoms with Crippen molar-refractivity contribution in [2.75, 3.05) is 5.32 Å². The minimum atomic E-state index is -0.233. The molecule has 0 aliphatic rings. The van der Waals surface area contributed by atoms with E-state index in [1.165, 1.54) is 17.4 Å². The third-order valence-electron chi connectivity index (χ3n) is 1.91. The lowest BCUT2D eigenvalue weighted by Crippen LogP contribution is -1.94. The Labute approximate surface area is 98.5 Å². The van der Waals surface area contributed by atoms with Gasteiger partial charge in [0.05, 0.1) is 0 Å². The fourth-order valence-corrected chi connectivity index (χ4v) is 2.14. The van der Waals surface area contributed by atoms with Crippen LogP contribution in [0.5, 0.6) is 0 Å². The van der Waals surface area contributed by atoms with Gasteiger partial charge in [-0.15, -0.1) is 10.2 Å². The number of benzene rings is 1. The molecule has 0 saturated heterocycles. The van der Waals surface area contributed by atoms with Crippen molar-refractivity contribution in [3.05, 3.63) is 33.5 Å². The molecule has 78 valence electrons. The number of nitrogens with one attached hydrogen (secondary N) is 1. The van der Waals surface area contributed by atoms with Crippen molar-refractivity contribution in [2.45, 2.75) is 6.92 Å². The van der Waals surface area contributed by atoms with Crippen molar-refractivity contribution in [1.29, 1.82) is 0 Å². The van der Waals surface area contributed by atoms with Gasteiger partial charge in [-0.05, 0) is 35.0 Å². The van der Waals surface area contributed by atoms with Crippen LogP contribution in [0.4, 0.5) is 15.2 Å². The van der Waals surface area contributed by atoms with Crippen molar-refractivity contribution < 1.29 is 4.39 Å². The lowest BCUT2D eigenvalue weighted by atomic mass is 10.2. The first-order valence-corrected chi connectivity index (χ1v) is 5.79. The Hall–Kier alpha value is -1.01. The van der Waals surface area contributed by atoms with Gasteiger partial charge in [-0.3, -0.25) is 0 Å². The van der Waals surface area contributed by atoms with Crippen LogP contribution in [0.15, 0.2) is 22.1 Å². The van der Waals surface area contributed by atoms with E-state index < -0.39 is 0 Å². The van der Waals surface area contributed by atoms with Crippen molar-refractivity contribution in [2.24, 2.45) is 0 Å². The highest BCUT2D eigenvalue weighted by Gasteiger charge is 2.06. The summed E-state index contributed by atoms with van der Waals surface area (Å²) >= 11 is 4.57. The third-order valence-corrected chi connectivity index (χ3v) is 3.18. The molecule has 0 amide bonds. The van der Waals surface area contributed by atoms with E-state index in [0.29, 0.717) is 20.3 Å². The Morgan fingerprint density at radius 3 is 2.87 bits per heavy atom. The predicted octanol–water partition coefficient (Wildman–Crippen LogP) is 3.49. The molecule has 3 nitrogen and oxygen atoms in total. The Bertz CT molecular complexity index is 486. The topological polar surface area (TPSA) is 37.8 Å². The van der Waals surface area contributed by atoms with Crippen molar-refractivity contribution >= 4 is 38.1 Å². The molecule has 0 saturated carbocycles. The van der Waals surface area contributed by atoms with Crippen molar-refractivity contribution in [3.8, 4) is 0 Å². The Morgan fingerprint density at radius 2 is 2.20 bits per heavy atom. The van der Waals surface area contributed by atoms with Gasteiger partial charge in [0.1, 0.15) is 5.82 Å². The molecule has 0 atom stereocenters. The maximum Gasteiger partial charge on any atom is 0.210 e. The Balaban J connectivity index is 2.28. The van der Waals surface area contributed by atoms with Gasteiger partial charge < -0.3 is 5.32 Å². The first-order valence-electron chi connectivity index (χ1n) is 4.18. The smallest absolute Gasteiger partial charge is 0.210 e. The number of aromatic nitrogens is 2. The van der Waals surface area contributed by atoms with E-state index in [4.69, 9.17) is 0 Å². The average Bonchev–Trinajstić information content (AvgIpc) is 2.59. The molecular weight excluding hydrogens is 281 g/mol. The van der Waals surface area contributed by atoms with Gasteiger partial charge in [-0.1, -0.05) is 17.4 Å². The lowest BCUT2D eigenvalue weighted by molar-refractivity contribution is 0.619. The van der Waals surface area contributed by atoms with Crippen LogP contribution in [0.2, 0.25) is 0 Å². The molecule has 2 rings (SSSR count). The monoisotopic (exact) mass is 287 g/mol. The fraction of sp³-hybridized carbons (Fsp3) is 0.111. The maximum absolute atomic E-state index is 13.2. The summed E-state index contributed by atoms with van der Waals surface area (Å²) in [6, 6.07) is 4.88. The number of anilines is 2. The lowest BCUT2D eigenvalue weighted by Gasteiger charge is -2.05. The third kappa shape index (κ3) is 2.32. The summed E-state index contributed by atoms with van der Waals surface area (Å²) in [5.74, 6) is -0.233. The standard InChI is InChI=1S/C9H7BrFN3S/c1-5-6(11)3-2-4-7(5)12-9-14-13-8(10)15-9/h2-4H,1H3,(H,12,14). The van der Waals surface area contributed by atoms with Crippen LogP contribution in [0, 0.1) is 12.7 Å². The molecule has 0 spiro atoms. The van der Waals surface area contributed by atoms with Crippen molar-refractivity contribution in [1.82, 2.24) is 10.2 Å². The van der Waals surface area contributed by atoms with E-state index in [2.05, 4.69) is 31.4 Å². The van der Waals surface area contributed by atoms with Crippen LogP contribution in [0.25, 0.3) is 0 Å². The molecule has 0 unspecified atom stereocenters. The van der Waals surface area contributed by atoms with Gasteiger partial charge in [0.25, 0.3) is 0 Å². The minimum absolute atomic E-state index is 0.233. The first kappa shape index (κ1) is 10.5. The van der Waals surface area contributed by atoms with Crippen LogP contribution in [-0.4, -0.2) is 10.2 Å². The SMILES string of the molecule is Cc1c(F)cccc1Nc1nnc(Br)s1. The van der Waals surface area contributed by atoms with Gasteiger partial charge in [0, 0.05) is 11.3 Å². The quantitative estimate of drug-likeness (QED) is 0.919. The van der Waals surface area contributed by atoms with Crippen LogP contribution in [0.1, 0.15) is 5.56 Å². The van der Waals surface area contributed by atoms with Gasteiger partial charge in [0.15, 0.2) is 3.92 Å². The van der Waals surface area contributed by atoms with E-state index >= 15 is 0 Å². The molecule has 1 N–H and O–H groups in total. The van der Waals surface area contributed by atoms with Gasteiger partial charge in [0.2, 0.25) is 5.13 Å². The summed E-state index contributed by atoms with van der Waals surface area (Å²) in [6.07, 6.45) is 0. The molecule has 0 fully saturated rings. The number of hydrogen-bond donors (Lipinski definition) is 1. The first-order chi connectivity index (χ1) is 7.16. The van der Waals surface area contributed by atoms with Gasteiger partial charge in [-0.25, -0.2) is 4.39 Å². The van der Waals surface area contributed by atoms with E-state index in [1.807, 2.05) is 0 Å². The summed E-state index contributed by atoms with van der Waals surface area (Å²) in [5, 5.41) is 11.3. The van der Waals surface area contributed by atoms with E-state index in [1.54, 1.807) is 19.1 Å².